The zero-order valence-corrected chi connectivity index (χ0v) is 9.55. The van der Waals surface area contributed by atoms with E-state index in [1.54, 1.807) is 0 Å². The van der Waals surface area contributed by atoms with Gasteiger partial charge in [0, 0.05) is 12.0 Å². The average molecular weight is 202 g/mol. The first-order valence-corrected chi connectivity index (χ1v) is 5.40. The van der Waals surface area contributed by atoms with Crippen molar-refractivity contribution in [2.75, 3.05) is 0 Å². The summed E-state index contributed by atoms with van der Waals surface area (Å²) in [6, 6.07) is 7.88. The van der Waals surface area contributed by atoms with Gasteiger partial charge in [0.1, 0.15) is 0 Å². The fourth-order valence-corrected chi connectivity index (χ4v) is 1.40. The third kappa shape index (κ3) is 3.70. The van der Waals surface area contributed by atoms with Crippen LogP contribution in [0.4, 0.5) is 0 Å². The van der Waals surface area contributed by atoms with Crippen molar-refractivity contribution in [1.29, 1.82) is 0 Å². The fraction of sp³-hybridized carbons (Fsp3) is 0.357. The molecule has 1 nitrogen and oxygen atoms in total. The summed E-state index contributed by atoms with van der Waals surface area (Å²) in [6.45, 7) is 7.86. The Morgan fingerprint density at radius 1 is 1.20 bits per heavy atom. The molecule has 0 heterocycles. The molecule has 0 aromatic heterocycles. The molecule has 15 heavy (non-hydrogen) atoms. The van der Waals surface area contributed by atoms with E-state index in [0.29, 0.717) is 6.42 Å². The Labute approximate surface area is 91.8 Å². The molecule has 0 saturated heterocycles. The summed E-state index contributed by atoms with van der Waals surface area (Å²) in [4.78, 5) is 11.7. The molecular weight excluding hydrogens is 184 g/mol. The van der Waals surface area contributed by atoms with Gasteiger partial charge in [0.15, 0.2) is 5.78 Å². The second kappa shape index (κ2) is 5.50. The maximum absolute atomic E-state index is 11.7. The summed E-state index contributed by atoms with van der Waals surface area (Å²) in [5, 5.41) is 0. The number of Topliss-reactive ketones (excluding diaryl/α,β-unsaturated/α-hetero) is 1. The van der Waals surface area contributed by atoms with E-state index in [9.17, 15) is 4.79 Å². The lowest BCUT2D eigenvalue weighted by atomic mass is 10.0. The molecule has 0 amide bonds. The Hall–Kier alpha value is -1.37. The van der Waals surface area contributed by atoms with Crippen molar-refractivity contribution in [3.05, 3.63) is 47.5 Å². The Kier molecular flexibility index (Phi) is 4.29. The van der Waals surface area contributed by atoms with E-state index in [2.05, 4.69) is 13.5 Å². The lowest BCUT2D eigenvalue weighted by Gasteiger charge is -2.02. The number of benzene rings is 1. The monoisotopic (exact) mass is 202 g/mol. The van der Waals surface area contributed by atoms with Gasteiger partial charge in [-0.1, -0.05) is 36.8 Å². The predicted molar refractivity (Wildman–Crippen MR) is 64.2 cm³/mol. The van der Waals surface area contributed by atoms with Crippen molar-refractivity contribution in [3.8, 4) is 0 Å². The molecule has 1 rings (SSSR count). The molecule has 0 spiro atoms. The highest BCUT2D eigenvalue weighted by molar-refractivity contribution is 5.96. The molecule has 0 saturated carbocycles. The summed E-state index contributed by atoms with van der Waals surface area (Å²) >= 11 is 0. The van der Waals surface area contributed by atoms with Crippen molar-refractivity contribution in [2.45, 2.75) is 33.1 Å². The van der Waals surface area contributed by atoms with E-state index in [-0.39, 0.29) is 5.78 Å². The van der Waals surface area contributed by atoms with Gasteiger partial charge in [-0.15, -0.1) is 6.58 Å². The molecule has 0 unspecified atom stereocenters. The summed E-state index contributed by atoms with van der Waals surface area (Å²) < 4.78 is 0. The van der Waals surface area contributed by atoms with E-state index < -0.39 is 0 Å². The number of carbonyl (C=O) groups excluding carboxylic acids is 1. The highest BCUT2D eigenvalue weighted by Gasteiger charge is 2.04. The van der Waals surface area contributed by atoms with Crippen LogP contribution < -0.4 is 0 Å². The van der Waals surface area contributed by atoms with E-state index >= 15 is 0 Å². The van der Waals surface area contributed by atoms with Gasteiger partial charge in [0.25, 0.3) is 0 Å². The highest BCUT2D eigenvalue weighted by Crippen LogP contribution is 2.10. The highest BCUT2D eigenvalue weighted by atomic mass is 16.1. The SMILES string of the molecule is C=C(C)CCC(=O)c1ccc(CC)cc1. The first kappa shape index (κ1) is 11.7. The Balaban J connectivity index is 2.62. The normalized spacial score (nSPS) is 10.0. The van der Waals surface area contributed by atoms with Crippen LogP contribution in [-0.4, -0.2) is 5.78 Å². The number of carbonyl (C=O) groups is 1. The van der Waals surface area contributed by atoms with Gasteiger partial charge in [0.2, 0.25) is 0 Å². The van der Waals surface area contributed by atoms with Crippen molar-refractivity contribution >= 4 is 5.78 Å². The summed E-state index contributed by atoms with van der Waals surface area (Å²) in [6.07, 6.45) is 2.37. The number of rotatable bonds is 5. The first-order chi connectivity index (χ1) is 7.13. The molecule has 1 heteroatoms. The van der Waals surface area contributed by atoms with Gasteiger partial charge in [-0.3, -0.25) is 4.79 Å². The van der Waals surface area contributed by atoms with E-state index in [0.717, 1.165) is 24.0 Å². The molecule has 80 valence electrons. The van der Waals surface area contributed by atoms with Crippen molar-refractivity contribution in [2.24, 2.45) is 0 Å². The summed E-state index contributed by atoms with van der Waals surface area (Å²) in [5.74, 6) is 0.209. The smallest absolute Gasteiger partial charge is 0.163 e. The largest absolute Gasteiger partial charge is 0.294 e. The van der Waals surface area contributed by atoms with E-state index in [1.807, 2.05) is 31.2 Å². The molecule has 0 fully saturated rings. The third-order valence-electron chi connectivity index (χ3n) is 2.46. The maximum atomic E-state index is 11.7. The van der Waals surface area contributed by atoms with Gasteiger partial charge in [-0.05, 0) is 25.3 Å². The van der Waals surface area contributed by atoms with Crippen LogP contribution >= 0.6 is 0 Å². The van der Waals surface area contributed by atoms with E-state index in [1.165, 1.54) is 5.56 Å². The molecule has 1 aromatic carbocycles. The second-order valence-corrected chi connectivity index (χ2v) is 3.93. The molecule has 1 aromatic rings. The Morgan fingerprint density at radius 3 is 2.27 bits per heavy atom. The zero-order chi connectivity index (χ0) is 11.3. The van der Waals surface area contributed by atoms with Crippen molar-refractivity contribution < 1.29 is 4.79 Å². The minimum Gasteiger partial charge on any atom is -0.294 e. The molecule has 0 radical (unpaired) electrons. The topological polar surface area (TPSA) is 17.1 Å². The lowest BCUT2D eigenvalue weighted by molar-refractivity contribution is 0.0983. The molecule has 0 aliphatic rings. The molecule has 0 atom stereocenters. The summed E-state index contributed by atoms with van der Waals surface area (Å²) in [7, 11) is 0. The molecule has 0 bridgehead atoms. The molecule has 0 N–H and O–H groups in total. The number of ketones is 1. The quantitative estimate of drug-likeness (QED) is 0.524. The number of hydrogen-bond acceptors (Lipinski definition) is 1. The van der Waals surface area contributed by atoms with E-state index in [4.69, 9.17) is 0 Å². The molecule has 0 aliphatic carbocycles. The summed E-state index contributed by atoms with van der Waals surface area (Å²) in [5.41, 5.74) is 3.15. The van der Waals surface area contributed by atoms with Gasteiger partial charge >= 0.3 is 0 Å². The fourth-order valence-electron chi connectivity index (χ4n) is 1.40. The van der Waals surface area contributed by atoms with Crippen LogP contribution in [0.25, 0.3) is 0 Å². The number of aryl methyl sites for hydroxylation is 1. The van der Waals surface area contributed by atoms with Crippen molar-refractivity contribution in [1.82, 2.24) is 0 Å². The third-order valence-corrected chi connectivity index (χ3v) is 2.46. The van der Waals surface area contributed by atoms with Gasteiger partial charge in [-0.25, -0.2) is 0 Å². The van der Waals surface area contributed by atoms with Crippen LogP contribution in [0.1, 0.15) is 42.6 Å². The van der Waals surface area contributed by atoms with Crippen LogP contribution in [0.5, 0.6) is 0 Å². The Morgan fingerprint density at radius 2 is 1.80 bits per heavy atom. The van der Waals surface area contributed by atoms with Crippen LogP contribution in [-0.2, 0) is 6.42 Å². The van der Waals surface area contributed by atoms with Crippen LogP contribution in [0.2, 0.25) is 0 Å². The maximum Gasteiger partial charge on any atom is 0.163 e. The predicted octanol–water partition coefficient (Wildman–Crippen LogP) is 3.79. The van der Waals surface area contributed by atoms with Gasteiger partial charge in [-0.2, -0.15) is 0 Å². The number of hydrogen-bond donors (Lipinski definition) is 0. The van der Waals surface area contributed by atoms with Gasteiger partial charge < -0.3 is 0 Å². The minimum atomic E-state index is 0.209. The number of allylic oxidation sites excluding steroid dienone is 1. The van der Waals surface area contributed by atoms with Crippen LogP contribution in [0.15, 0.2) is 36.4 Å². The standard InChI is InChI=1S/C14H18O/c1-4-12-6-8-13(9-7-12)14(15)10-5-11(2)3/h6-9H,2,4-5,10H2,1,3H3. The van der Waals surface area contributed by atoms with Crippen LogP contribution in [0, 0.1) is 0 Å². The average Bonchev–Trinajstić information content (AvgIpc) is 2.26. The lowest BCUT2D eigenvalue weighted by Crippen LogP contribution is -1.99. The Bertz CT molecular complexity index is 346. The molecular formula is C14H18O. The first-order valence-electron chi connectivity index (χ1n) is 5.40. The second-order valence-electron chi connectivity index (χ2n) is 3.93. The molecule has 0 aliphatic heterocycles. The zero-order valence-electron chi connectivity index (χ0n) is 9.55. The van der Waals surface area contributed by atoms with Crippen molar-refractivity contribution in [3.63, 3.8) is 0 Å². The van der Waals surface area contributed by atoms with Crippen LogP contribution in [0.3, 0.4) is 0 Å². The minimum absolute atomic E-state index is 0.209. The van der Waals surface area contributed by atoms with Gasteiger partial charge in [0.05, 0.1) is 0 Å².